The molecule has 1 aliphatic heterocycles. The molecule has 32 heavy (non-hydrogen) atoms. The van der Waals surface area contributed by atoms with Gasteiger partial charge in [0, 0.05) is 28.0 Å². The molecule has 7 nitrogen and oxygen atoms in total. The number of benzene rings is 2. The van der Waals surface area contributed by atoms with Gasteiger partial charge < -0.3 is 9.47 Å². The number of fused-ring (bicyclic) bond motifs is 3. The summed E-state index contributed by atoms with van der Waals surface area (Å²) in [5.41, 5.74) is 6.60. The molecule has 156 valence electrons. The third-order valence-electron chi connectivity index (χ3n) is 5.12. The lowest BCUT2D eigenvalue weighted by Gasteiger charge is -2.06. The standard InChI is InChI=1S/C23H14ClN5O2S/c24-21-15(6-14-7-18-19(31-12-30-18)8-17(14)28-21)9-27-29-22-20-16(13-4-2-1-3-5-13)10-32-23(20)26-11-25-22/h1-11H,12H2,(H,25,26,29)/b27-9+. The van der Waals surface area contributed by atoms with Gasteiger partial charge in [0.25, 0.3) is 0 Å². The van der Waals surface area contributed by atoms with E-state index in [-0.39, 0.29) is 6.79 Å². The van der Waals surface area contributed by atoms with Gasteiger partial charge in [-0.15, -0.1) is 11.3 Å². The lowest BCUT2D eigenvalue weighted by Crippen LogP contribution is -1.96. The highest BCUT2D eigenvalue weighted by Crippen LogP contribution is 2.37. The Morgan fingerprint density at radius 3 is 2.78 bits per heavy atom. The van der Waals surface area contributed by atoms with Crippen molar-refractivity contribution in [2.24, 2.45) is 5.10 Å². The minimum Gasteiger partial charge on any atom is -0.454 e. The first-order valence-electron chi connectivity index (χ1n) is 9.73. The van der Waals surface area contributed by atoms with E-state index in [4.69, 9.17) is 21.1 Å². The van der Waals surface area contributed by atoms with E-state index in [1.165, 1.54) is 6.33 Å². The lowest BCUT2D eigenvalue weighted by atomic mass is 10.1. The predicted octanol–water partition coefficient (Wildman–Crippen LogP) is 5.73. The van der Waals surface area contributed by atoms with Gasteiger partial charge in [-0.25, -0.2) is 15.0 Å². The van der Waals surface area contributed by atoms with Crippen LogP contribution in [0.5, 0.6) is 11.5 Å². The molecule has 0 aliphatic carbocycles. The molecule has 1 N–H and O–H groups in total. The van der Waals surface area contributed by atoms with E-state index in [0.29, 0.717) is 28.0 Å². The molecule has 9 heteroatoms. The molecule has 0 fully saturated rings. The number of thiophene rings is 1. The van der Waals surface area contributed by atoms with Gasteiger partial charge in [0.1, 0.15) is 16.3 Å². The van der Waals surface area contributed by atoms with Crippen LogP contribution in [0.25, 0.3) is 32.2 Å². The van der Waals surface area contributed by atoms with E-state index in [9.17, 15) is 0 Å². The van der Waals surface area contributed by atoms with Crippen molar-refractivity contribution in [1.29, 1.82) is 0 Å². The van der Waals surface area contributed by atoms with Gasteiger partial charge in [0.15, 0.2) is 17.3 Å². The fourth-order valence-electron chi connectivity index (χ4n) is 3.60. The van der Waals surface area contributed by atoms with Crippen LogP contribution in [0.4, 0.5) is 5.82 Å². The molecule has 0 spiro atoms. The number of hydrogen-bond acceptors (Lipinski definition) is 8. The lowest BCUT2D eigenvalue weighted by molar-refractivity contribution is 0.174. The van der Waals surface area contributed by atoms with Crippen LogP contribution in [0.15, 0.2) is 65.3 Å². The van der Waals surface area contributed by atoms with Crippen LogP contribution in [0.2, 0.25) is 5.15 Å². The van der Waals surface area contributed by atoms with Crippen molar-refractivity contribution < 1.29 is 9.47 Å². The van der Waals surface area contributed by atoms with Gasteiger partial charge in [-0.05, 0) is 17.7 Å². The molecule has 0 atom stereocenters. The maximum absolute atomic E-state index is 6.39. The molecular weight excluding hydrogens is 446 g/mol. The number of anilines is 1. The molecule has 0 radical (unpaired) electrons. The average molecular weight is 460 g/mol. The van der Waals surface area contributed by atoms with Crippen molar-refractivity contribution in [1.82, 2.24) is 15.0 Å². The molecule has 0 amide bonds. The van der Waals surface area contributed by atoms with Crippen molar-refractivity contribution in [3.63, 3.8) is 0 Å². The van der Waals surface area contributed by atoms with Gasteiger partial charge in [-0.3, -0.25) is 5.43 Å². The van der Waals surface area contributed by atoms with Gasteiger partial charge in [0.2, 0.25) is 6.79 Å². The molecule has 0 saturated carbocycles. The third kappa shape index (κ3) is 3.30. The number of nitrogens with one attached hydrogen (secondary N) is 1. The minimum atomic E-state index is 0.207. The SMILES string of the molecule is Clc1nc2cc3c(cc2cc1/C=N/Nc1ncnc2scc(-c4ccccc4)c12)OCO3. The highest BCUT2D eigenvalue weighted by atomic mass is 35.5. The summed E-state index contributed by atoms with van der Waals surface area (Å²) in [7, 11) is 0. The Balaban J connectivity index is 1.34. The summed E-state index contributed by atoms with van der Waals surface area (Å²) >= 11 is 7.96. The predicted molar refractivity (Wildman–Crippen MR) is 127 cm³/mol. The Labute approximate surface area is 191 Å². The first-order valence-corrected chi connectivity index (χ1v) is 11.0. The van der Waals surface area contributed by atoms with Crippen LogP contribution in [0, 0.1) is 0 Å². The average Bonchev–Trinajstić information content (AvgIpc) is 3.45. The number of rotatable bonds is 4. The van der Waals surface area contributed by atoms with Crippen molar-refractivity contribution in [3.05, 3.63) is 71.0 Å². The molecule has 0 saturated heterocycles. The molecule has 0 bridgehead atoms. The summed E-state index contributed by atoms with van der Waals surface area (Å²) in [6.07, 6.45) is 3.15. The van der Waals surface area contributed by atoms with Crippen molar-refractivity contribution >= 4 is 56.1 Å². The number of pyridine rings is 1. The van der Waals surface area contributed by atoms with E-state index in [1.54, 1.807) is 17.6 Å². The smallest absolute Gasteiger partial charge is 0.231 e. The first-order chi connectivity index (χ1) is 15.8. The highest BCUT2D eigenvalue weighted by Gasteiger charge is 2.16. The van der Waals surface area contributed by atoms with Crippen molar-refractivity contribution in [2.75, 3.05) is 12.2 Å². The minimum absolute atomic E-state index is 0.207. The topological polar surface area (TPSA) is 81.5 Å². The Bertz CT molecular complexity index is 1500. The van der Waals surface area contributed by atoms with Gasteiger partial charge >= 0.3 is 0 Å². The first kappa shape index (κ1) is 19.0. The molecule has 6 rings (SSSR count). The van der Waals surface area contributed by atoms with Crippen LogP contribution >= 0.6 is 22.9 Å². The monoisotopic (exact) mass is 459 g/mol. The summed E-state index contributed by atoms with van der Waals surface area (Å²) in [6.45, 7) is 0.207. The number of hydrazone groups is 1. The fourth-order valence-corrected chi connectivity index (χ4v) is 4.71. The largest absolute Gasteiger partial charge is 0.454 e. The van der Waals surface area contributed by atoms with E-state index in [0.717, 1.165) is 32.2 Å². The molecule has 3 aromatic heterocycles. The second-order valence-corrected chi connectivity index (χ2v) is 8.27. The normalized spacial score (nSPS) is 12.8. The molecule has 2 aromatic carbocycles. The van der Waals surface area contributed by atoms with Crippen LogP contribution < -0.4 is 14.9 Å². The number of hydrogen-bond donors (Lipinski definition) is 1. The van der Waals surface area contributed by atoms with Crippen LogP contribution in [-0.4, -0.2) is 28.0 Å². The van der Waals surface area contributed by atoms with Crippen LogP contribution in [0.1, 0.15) is 5.56 Å². The Kier molecular flexibility index (Phi) is 4.59. The number of ether oxygens (including phenoxy) is 2. The highest BCUT2D eigenvalue weighted by molar-refractivity contribution is 7.17. The maximum atomic E-state index is 6.39. The Hall–Kier alpha value is -3.75. The van der Waals surface area contributed by atoms with Gasteiger partial charge in [0.05, 0.1) is 17.1 Å². The summed E-state index contributed by atoms with van der Waals surface area (Å²) in [6, 6.07) is 15.8. The number of aromatic nitrogens is 3. The maximum Gasteiger partial charge on any atom is 0.231 e. The van der Waals surface area contributed by atoms with Crippen molar-refractivity contribution in [2.45, 2.75) is 0 Å². The number of nitrogens with zero attached hydrogens (tertiary/aromatic N) is 4. The third-order valence-corrected chi connectivity index (χ3v) is 6.31. The Morgan fingerprint density at radius 2 is 1.91 bits per heavy atom. The van der Waals surface area contributed by atoms with E-state index in [1.807, 2.05) is 36.4 Å². The molecule has 4 heterocycles. The zero-order valence-corrected chi connectivity index (χ0v) is 18.0. The van der Waals surface area contributed by atoms with E-state index >= 15 is 0 Å². The second-order valence-electron chi connectivity index (χ2n) is 7.05. The van der Waals surface area contributed by atoms with E-state index < -0.39 is 0 Å². The second kappa shape index (κ2) is 7.74. The molecular formula is C23H14ClN5O2S. The van der Waals surface area contributed by atoms with E-state index in [2.05, 4.69) is 43.0 Å². The quantitative estimate of drug-likeness (QED) is 0.210. The molecule has 0 unspecified atom stereocenters. The van der Waals surface area contributed by atoms with Gasteiger partial charge in [-0.2, -0.15) is 5.10 Å². The summed E-state index contributed by atoms with van der Waals surface area (Å²) in [5.74, 6) is 1.98. The summed E-state index contributed by atoms with van der Waals surface area (Å²) in [5, 5.41) is 8.61. The summed E-state index contributed by atoms with van der Waals surface area (Å²) < 4.78 is 10.9. The van der Waals surface area contributed by atoms with Crippen LogP contribution in [0.3, 0.4) is 0 Å². The molecule has 5 aromatic rings. The van der Waals surface area contributed by atoms with Gasteiger partial charge in [-0.1, -0.05) is 41.9 Å². The zero-order chi connectivity index (χ0) is 21.5. The van der Waals surface area contributed by atoms with Crippen LogP contribution in [-0.2, 0) is 0 Å². The molecule has 1 aliphatic rings. The van der Waals surface area contributed by atoms with Crippen molar-refractivity contribution in [3.8, 4) is 22.6 Å². The number of halogens is 1. The summed E-state index contributed by atoms with van der Waals surface area (Å²) in [4.78, 5) is 14.1. The fraction of sp³-hybridized carbons (Fsp3) is 0.0435. The zero-order valence-electron chi connectivity index (χ0n) is 16.4. The Morgan fingerprint density at radius 1 is 1.06 bits per heavy atom.